The second-order valence-electron chi connectivity index (χ2n) is 4.11. The third-order valence-corrected chi connectivity index (χ3v) is 2.80. The van der Waals surface area contributed by atoms with Crippen LogP contribution in [0.25, 0.3) is 0 Å². The second-order valence-corrected chi connectivity index (χ2v) is 4.11. The van der Waals surface area contributed by atoms with Crippen molar-refractivity contribution in [3.8, 4) is 11.5 Å². The molecule has 0 aliphatic rings. The van der Waals surface area contributed by atoms with Crippen LogP contribution in [0.1, 0.15) is 18.1 Å². The molecule has 2 rings (SSSR count). The van der Waals surface area contributed by atoms with Crippen LogP contribution in [0.15, 0.2) is 53.7 Å². The van der Waals surface area contributed by atoms with E-state index in [-0.39, 0.29) is 5.84 Å². The Morgan fingerprint density at radius 1 is 1.16 bits per heavy atom. The number of hydrogen-bond acceptors (Lipinski definition) is 3. The molecule has 4 nitrogen and oxygen atoms in total. The van der Waals surface area contributed by atoms with Gasteiger partial charge < -0.3 is 15.7 Å². The molecule has 0 atom stereocenters. The minimum absolute atomic E-state index is 0.0829. The van der Waals surface area contributed by atoms with Crippen molar-refractivity contribution < 1.29 is 9.94 Å². The maximum absolute atomic E-state index is 8.58. The van der Waals surface area contributed by atoms with Crippen LogP contribution in [0.3, 0.4) is 0 Å². The topological polar surface area (TPSA) is 67.8 Å². The molecule has 0 aliphatic heterocycles. The van der Waals surface area contributed by atoms with Crippen LogP contribution in [0, 0.1) is 0 Å². The van der Waals surface area contributed by atoms with Gasteiger partial charge in [0.1, 0.15) is 11.5 Å². The molecule has 0 radical (unpaired) electrons. The fourth-order valence-corrected chi connectivity index (χ4v) is 1.72. The minimum atomic E-state index is 0.0829. The molecular formula is C15H16N2O2. The Morgan fingerprint density at radius 2 is 1.89 bits per heavy atom. The highest BCUT2D eigenvalue weighted by Crippen LogP contribution is 2.22. The molecule has 2 aromatic rings. The summed E-state index contributed by atoms with van der Waals surface area (Å²) in [5.74, 6) is 1.60. The average molecular weight is 256 g/mol. The smallest absolute Gasteiger partial charge is 0.170 e. The first-order valence-electron chi connectivity index (χ1n) is 6.07. The first kappa shape index (κ1) is 13.0. The maximum atomic E-state index is 8.58. The van der Waals surface area contributed by atoms with E-state index in [4.69, 9.17) is 15.7 Å². The number of nitrogens with zero attached hydrogens (tertiary/aromatic N) is 1. The van der Waals surface area contributed by atoms with Crippen molar-refractivity contribution in [1.82, 2.24) is 0 Å². The molecule has 4 heteroatoms. The zero-order valence-electron chi connectivity index (χ0n) is 10.7. The molecule has 0 bridgehead atoms. The summed E-state index contributed by atoms with van der Waals surface area (Å²) in [6, 6.07) is 15.0. The van der Waals surface area contributed by atoms with Crippen LogP contribution >= 0.6 is 0 Å². The number of benzene rings is 2. The fraction of sp³-hybridized carbons (Fsp3) is 0.133. The summed E-state index contributed by atoms with van der Waals surface area (Å²) in [4.78, 5) is 0. The lowest BCUT2D eigenvalue weighted by Crippen LogP contribution is -2.12. The summed E-state index contributed by atoms with van der Waals surface area (Å²) in [5, 5.41) is 11.5. The van der Waals surface area contributed by atoms with Crippen molar-refractivity contribution in [2.45, 2.75) is 13.3 Å². The van der Waals surface area contributed by atoms with Crippen LogP contribution < -0.4 is 10.5 Å². The van der Waals surface area contributed by atoms with Gasteiger partial charge in [0.25, 0.3) is 0 Å². The largest absolute Gasteiger partial charge is 0.457 e. The molecule has 0 saturated heterocycles. The molecule has 98 valence electrons. The third-order valence-electron chi connectivity index (χ3n) is 2.80. The Morgan fingerprint density at radius 3 is 2.53 bits per heavy atom. The van der Waals surface area contributed by atoms with Crippen LogP contribution in [0.4, 0.5) is 0 Å². The van der Waals surface area contributed by atoms with Gasteiger partial charge in [-0.15, -0.1) is 0 Å². The molecule has 0 unspecified atom stereocenters. The Hall–Kier alpha value is -2.49. The number of nitrogens with two attached hydrogens (primary N) is 1. The van der Waals surface area contributed by atoms with Crippen LogP contribution in [-0.2, 0) is 6.42 Å². The highest BCUT2D eigenvalue weighted by Gasteiger charge is 2.01. The maximum Gasteiger partial charge on any atom is 0.170 e. The lowest BCUT2D eigenvalue weighted by Gasteiger charge is -2.07. The highest BCUT2D eigenvalue weighted by atomic mass is 16.5. The van der Waals surface area contributed by atoms with Gasteiger partial charge in [0.15, 0.2) is 5.84 Å². The Labute approximate surface area is 112 Å². The van der Waals surface area contributed by atoms with Crippen molar-refractivity contribution >= 4 is 5.84 Å². The number of aryl methyl sites for hydroxylation is 1. The van der Waals surface area contributed by atoms with Gasteiger partial charge in [-0.3, -0.25) is 0 Å². The van der Waals surface area contributed by atoms with Gasteiger partial charge in [0.05, 0.1) is 0 Å². The lowest BCUT2D eigenvalue weighted by molar-refractivity contribution is 0.318. The van der Waals surface area contributed by atoms with E-state index in [1.165, 1.54) is 5.56 Å². The molecule has 0 amide bonds. The molecule has 2 aromatic carbocycles. The van der Waals surface area contributed by atoms with E-state index in [9.17, 15) is 0 Å². The SMILES string of the molecule is CCc1cccc(Oc2ccc(/C(N)=N/O)cc2)c1. The van der Waals surface area contributed by atoms with Gasteiger partial charge in [0, 0.05) is 5.56 Å². The van der Waals surface area contributed by atoms with E-state index in [1.807, 2.05) is 18.2 Å². The summed E-state index contributed by atoms with van der Waals surface area (Å²) in [6.45, 7) is 2.10. The van der Waals surface area contributed by atoms with Crippen molar-refractivity contribution in [2.75, 3.05) is 0 Å². The summed E-state index contributed by atoms with van der Waals surface area (Å²) < 4.78 is 5.75. The zero-order valence-corrected chi connectivity index (χ0v) is 10.7. The van der Waals surface area contributed by atoms with Crippen LogP contribution in [0.2, 0.25) is 0 Å². The van der Waals surface area contributed by atoms with E-state index >= 15 is 0 Å². The van der Waals surface area contributed by atoms with Gasteiger partial charge in [-0.1, -0.05) is 24.2 Å². The lowest BCUT2D eigenvalue weighted by atomic mass is 10.1. The Kier molecular flexibility index (Phi) is 4.03. The van der Waals surface area contributed by atoms with E-state index in [2.05, 4.69) is 18.1 Å². The molecule has 3 N–H and O–H groups in total. The van der Waals surface area contributed by atoms with Crippen molar-refractivity contribution in [3.05, 3.63) is 59.7 Å². The predicted molar refractivity (Wildman–Crippen MR) is 74.8 cm³/mol. The number of ether oxygens (including phenoxy) is 1. The quantitative estimate of drug-likeness (QED) is 0.382. The van der Waals surface area contributed by atoms with Crippen LogP contribution in [-0.4, -0.2) is 11.0 Å². The first-order chi connectivity index (χ1) is 9.22. The predicted octanol–water partition coefficient (Wildman–Crippen LogP) is 3.14. The number of oxime groups is 1. The van der Waals surface area contributed by atoms with Crippen molar-refractivity contribution in [1.29, 1.82) is 0 Å². The Balaban J connectivity index is 2.15. The van der Waals surface area contributed by atoms with Gasteiger partial charge >= 0.3 is 0 Å². The molecular weight excluding hydrogens is 240 g/mol. The van der Waals surface area contributed by atoms with Gasteiger partial charge in [-0.25, -0.2) is 0 Å². The van der Waals surface area contributed by atoms with E-state index in [0.29, 0.717) is 11.3 Å². The molecule has 0 spiro atoms. The summed E-state index contributed by atoms with van der Waals surface area (Å²) in [6.07, 6.45) is 0.972. The third kappa shape index (κ3) is 3.25. The van der Waals surface area contributed by atoms with E-state index in [1.54, 1.807) is 24.3 Å². The minimum Gasteiger partial charge on any atom is -0.457 e. The van der Waals surface area contributed by atoms with E-state index < -0.39 is 0 Å². The monoisotopic (exact) mass is 256 g/mol. The van der Waals surface area contributed by atoms with E-state index in [0.717, 1.165) is 12.2 Å². The van der Waals surface area contributed by atoms with Gasteiger partial charge in [-0.05, 0) is 48.4 Å². The number of rotatable bonds is 4. The fourth-order valence-electron chi connectivity index (χ4n) is 1.72. The van der Waals surface area contributed by atoms with Gasteiger partial charge in [-0.2, -0.15) is 0 Å². The zero-order chi connectivity index (χ0) is 13.7. The molecule has 19 heavy (non-hydrogen) atoms. The highest BCUT2D eigenvalue weighted by molar-refractivity contribution is 5.97. The molecule has 0 heterocycles. The summed E-state index contributed by atoms with van der Waals surface area (Å²) in [5.41, 5.74) is 7.37. The Bertz CT molecular complexity index is 577. The average Bonchev–Trinajstić information content (AvgIpc) is 2.47. The standard InChI is InChI=1S/C15H16N2O2/c1-2-11-4-3-5-14(10-11)19-13-8-6-12(7-9-13)15(16)17-18/h3-10,18H,2H2,1H3,(H2,16,17). The van der Waals surface area contributed by atoms with Gasteiger partial charge in [0.2, 0.25) is 0 Å². The number of hydrogen-bond donors (Lipinski definition) is 2. The molecule has 0 saturated carbocycles. The second kappa shape index (κ2) is 5.91. The first-order valence-corrected chi connectivity index (χ1v) is 6.07. The van der Waals surface area contributed by atoms with Crippen molar-refractivity contribution in [3.63, 3.8) is 0 Å². The molecule has 0 aromatic heterocycles. The molecule has 0 aliphatic carbocycles. The van der Waals surface area contributed by atoms with Crippen LogP contribution in [0.5, 0.6) is 11.5 Å². The number of amidine groups is 1. The normalized spacial score (nSPS) is 11.3. The summed E-state index contributed by atoms with van der Waals surface area (Å²) in [7, 11) is 0. The summed E-state index contributed by atoms with van der Waals surface area (Å²) >= 11 is 0. The molecule has 0 fully saturated rings. The van der Waals surface area contributed by atoms with Crippen molar-refractivity contribution in [2.24, 2.45) is 10.9 Å².